The molecule has 3 aliphatic rings. The van der Waals surface area contributed by atoms with E-state index in [-0.39, 0.29) is 17.3 Å². The smallest absolute Gasteiger partial charge is 0.195 e. The Kier molecular flexibility index (Phi) is 5.42. The number of ketones is 3. The number of para-hydroxylation sites is 2. The van der Waals surface area contributed by atoms with E-state index >= 15 is 0 Å². The normalized spacial score (nSPS) is 22.1. The molecule has 1 aliphatic carbocycles. The van der Waals surface area contributed by atoms with E-state index in [1.54, 1.807) is 24.3 Å². The van der Waals surface area contributed by atoms with Crippen molar-refractivity contribution in [3.05, 3.63) is 124 Å². The van der Waals surface area contributed by atoms with E-state index in [0.29, 0.717) is 33.9 Å². The second-order valence-electron chi connectivity index (χ2n) is 10.1. The van der Waals surface area contributed by atoms with Crippen molar-refractivity contribution >= 4 is 40.4 Å². The van der Waals surface area contributed by atoms with Gasteiger partial charge in [0.25, 0.3) is 0 Å². The Hall–Kier alpha value is -4.29. The van der Waals surface area contributed by atoms with Crippen molar-refractivity contribution in [3.63, 3.8) is 0 Å². The minimum absolute atomic E-state index is 0.107. The van der Waals surface area contributed by atoms with E-state index in [1.165, 1.54) is 11.3 Å². The minimum atomic E-state index is -1.53. The number of benzene rings is 3. The molecule has 3 aromatic carbocycles. The fraction of sp³-hybridized carbons (Fsp3) is 0.182. The number of carbonyl (C=O) groups excluding carboxylic acids is 3. The summed E-state index contributed by atoms with van der Waals surface area (Å²) in [5.41, 5.74) is 1.78. The molecule has 0 unspecified atom stereocenters. The molecule has 192 valence electrons. The molecule has 7 rings (SSSR count). The Balaban J connectivity index is 1.57. The summed E-state index contributed by atoms with van der Waals surface area (Å²) < 4.78 is 6.07. The number of nitrogens with zero attached hydrogens (tertiary/aromatic N) is 1. The number of ether oxygens (including phenoxy) is 1. The zero-order valence-electron chi connectivity index (χ0n) is 21.2. The standard InChI is InChI=1S/C33H25NO4S/c1-2-38-25-15-8-6-13-23(25)28-29(30(35)26-16-9-19-39-26)34-24-14-7-3-10-20(24)17-18-27(34)33(28)31(36)21-11-4-5-12-22(21)32(33)37/h3-19,27-29H,2H2,1H3/t27-,28+,29+/m0/s1. The molecule has 0 amide bonds. The summed E-state index contributed by atoms with van der Waals surface area (Å²) in [4.78, 5) is 46.5. The molecule has 39 heavy (non-hydrogen) atoms. The molecule has 1 fully saturated rings. The Labute approximate surface area is 230 Å². The first-order valence-electron chi connectivity index (χ1n) is 13.1. The van der Waals surface area contributed by atoms with Crippen LogP contribution >= 0.6 is 11.3 Å². The number of fused-ring (bicyclic) bond motifs is 5. The molecule has 1 aromatic heterocycles. The maximum absolute atomic E-state index is 14.7. The van der Waals surface area contributed by atoms with Gasteiger partial charge >= 0.3 is 0 Å². The van der Waals surface area contributed by atoms with Gasteiger partial charge in [0, 0.05) is 28.3 Å². The maximum Gasteiger partial charge on any atom is 0.195 e. The van der Waals surface area contributed by atoms with Crippen LogP contribution < -0.4 is 9.64 Å². The van der Waals surface area contributed by atoms with E-state index in [2.05, 4.69) is 0 Å². The molecule has 4 aromatic rings. The molecule has 1 spiro atoms. The highest BCUT2D eigenvalue weighted by molar-refractivity contribution is 7.12. The molecule has 0 saturated carbocycles. The third-order valence-electron chi connectivity index (χ3n) is 8.30. The lowest BCUT2D eigenvalue weighted by Crippen LogP contribution is -2.48. The lowest BCUT2D eigenvalue weighted by atomic mass is 9.64. The van der Waals surface area contributed by atoms with Gasteiger partial charge in [0.1, 0.15) is 17.2 Å². The van der Waals surface area contributed by atoms with E-state index in [9.17, 15) is 14.4 Å². The first-order chi connectivity index (χ1) is 19.1. The van der Waals surface area contributed by atoms with Gasteiger partial charge in [-0.25, -0.2) is 0 Å². The van der Waals surface area contributed by atoms with E-state index in [4.69, 9.17) is 4.74 Å². The van der Waals surface area contributed by atoms with E-state index < -0.39 is 23.4 Å². The molecule has 0 radical (unpaired) electrons. The van der Waals surface area contributed by atoms with Crippen molar-refractivity contribution in [1.29, 1.82) is 0 Å². The second-order valence-corrected chi connectivity index (χ2v) is 11.0. The number of anilines is 1. The topological polar surface area (TPSA) is 63.7 Å². The lowest BCUT2D eigenvalue weighted by Gasteiger charge is -2.37. The van der Waals surface area contributed by atoms with Crippen LogP contribution in [-0.2, 0) is 0 Å². The SMILES string of the molecule is CCOc1ccccc1[C@@H]1[C@H](C(=O)c2cccs2)N2c3ccccc3C=C[C@H]2C12C(=O)c1ccccc1C2=O. The number of hydrogen-bond acceptors (Lipinski definition) is 6. The van der Waals surface area contributed by atoms with Crippen LogP contribution in [0.25, 0.3) is 6.08 Å². The summed E-state index contributed by atoms with van der Waals surface area (Å²) in [5.74, 6) is -0.769. The van der Waals surface area contributed by atoms with Crippen LogP contribution in [0.5, 0.6) is 5.75 Å². The molecular weight excluding hydrogens is 506 g/mol. The summed E-state index contributed by atoms with van der Waals surface area (Å²) in [5, 5.41) is 1.88. The molecule has 5 nitrogen and oxygen atoms in total. The van der Waals surface area contributed by atoms with Gasteiger partial charge in [-0.15, -0.1) is 11.3 Å². The zero-order valence-corrected chi connectivity index (χ0v) is 22.1. The predicted octanol–water partition coefficient (Wildman–Crippen LogP) is 6.46. The number of carbonyl (C=O) groups is 3. The van der Waals surface area contributed by atoms with Gasteiger partial charge in [-0.1, -0.05) is 78.9 Å². The van der Waals surface area contributed by atoms with Crippen molar-refractivity contribution in [2.45, 2.75) is 24.9 Å². The second kappa shape index (κ2) is 8.89. The van der Waals surface area contributed by atoms with Crippen LogP contribution in [-0.4, -0.2) is 36.0 Å². The maximum atomic E-state index is 14.7. The molecular formula is C33H25NO4S. The summed E-state index contributed by atoms with van der Waals surface area (Å²) in [6.45, 7) is 2.32. The average Bonchev–Trinajstić information content (AvgIpc) is 3.67. The Morgan fingerprint density at radius 2 is 1.59 bits per heavy atom. The molecule has 3 atom stereocenters. The zero-order chi connectivity index (χ0) is 26.7. The molecule has 0 N–H and O–H groups in total. The number of hydrogen-bond donors (Lipinski definition) is 0. The van der Waals surface area contributed by atoms with Gasteiger partial charge in [0.2, 0.25) is 0 Å². The van der Waals surface area contributed by atoms with Crippen LogP contribution in [0.3, 0.4) is 0 Å². The quantitative estimate of drug-likeness (QED) is 0.218. The largest absolute Gasteiger partial charge is 0.494 e. The van der Waals surface area contributed by atoms with Crippen LogP contribution in [0.4, 0.5) is 5.69 Å². The Morgan fingerprint density at radius 3 is 2.31 bits per heavy atom. The lowest BCUT2D eigenvalue weighted by molar-refractivity contribution is 0.0664. The highest BCUT2D eigenvalue weighted by atomic mass is 32.1. The molecule has 2 aliphatic heterocycles. The van der Waals surface area contributed by atoms with Gasteiger partial charge < -0.3 is 9.64 Å². The summed E-state index contributed by atoms with van der Waals surface area (Å²) in [6, 6.07) is 24.7. The van der Waals surface area contributed by atoms with Crippen molar-refractivity contribution in [2.75, 3.05) is 11.5 Å². The van der Waals surface area contributed by atoms with Crippen molar-refractivity contribution in [2.24, 2.45) is 5.41 Å². The van der Waals surface area contributed by atoms with E-state index in [1.807, 2.05) is 90.0 Å². The summed E-state index contributed by atoms with van der Waals surface area (Å²) in [6.07, 6.45) is 3.92. The molecule has 1 saturated heterocycles. The van der Waals surface area contributed by atoms with Gasteiger partial charge in [-0.3, -0.25) is 14.4 Å². The molecule has 3 heterocycles. The first kappa shape index (κ1) is 23.8. The van der Waals surface area contributed by atoms with Gasteiger partial charge in [-0.05, 0) is 36.1 Å². The number of rotatable bonds is 5. The third kappa shape index (κ3) is 3.15. The average molecular weight is 532 g/mol. The first-order valence-corrected chi connectivity index (χ1v) is 14.0. The highest BCUT2D eigenvalue weighted by Gasteiger charge is 2.72. The van der Waals surface area contributed by atoms with E-state index in [0.717, 1.165) is 11.3 Å². The fourth-order valence-electron chi connectivity index (χ4n) is 6.85. The molecule has 6 heteroatoms. The minimum Gasteiger partial charge on any atom is -0.494 e. The summed E-state index contributed by atoms with van der Waals surface area (Å²) in [7, 11) is 0. The third-order valence-corrected chi connectivity index (χ3v) is 9.18. The molecule has 0 bridgehead atoms. The predicted molar refractivity (Wildman–Crippen MR) is 152 cm³/mol. The van der Waals surface area contributed by atoms with Crippen LogP contribution in [0.15, 0.2) is 96.4 Å². The van der Waals surface area contributed by atoms with Crippen LogP contribution in [0.2, 0.25) is 0 Å². The van der Waals surface area contributed by atoms with Gasteiger partial charge in [-0.2, -0.15) is 0 Å². The number of thiophene rings is 1. The van der Waals surface area contributed by atoms with Crippen molar-refractivity contribution in [3.8, 4) is 5.75 Å². The summed E-state index contributed by atoms with van der Waals surface area (Å²) >= 11 is 1.37. The van der Waals surface area contributed by atoms with Crippen LogP contribution in [0.1, 0.15) is 54.4 Å². The highest BCUT2D eigenvalue weighted by Crippen LogP contribution is 2.62. The number of Topliss-reactive ketones (excluding diaryl/α,β-unsaturated/α-hetero) is 3. The fourth-order valence-corrected chi connectivity index (χ4v) is 7.55. The Morgan fingerprint density at radius 1 is 0.897 bits per heavy atom. The van der Waals surface area contributed by atoms with Gasteiger partial charge in [0.15, 0.2) is 17.3 Å². The monoisotopic (exact) mass is 531 g/mol. The Bertz CT molecular complexity index is 1640. The van der Waals surface area contributed by atoms with Gasteiger partial charge in [0.05, 0.1) is 17.5 Å². The van der Waals surface area contributed by atoms with Crippen molar-refractivity contribution in [1.82, 2.24) is 0 Å². The van der Waals surface area contributed by atoms with Crippen LogP contribution in [0, 0.1) is 5.41 Å². The van der Waals surface area contributed by atoms with Crippen molar-refractivity contribution < 1.29 is 19.1 Å².